The summed E-state index contributed by atoms with van der Waals surface area (Å²) in [6.45, 7) is 4.32. The molecule has 0 spiro atoms. The van der Waals surface area contributed by atoms with E-state index < -0.39 is 0 Å². The van der Waals surface area contributed by atoms with E-state index in [-0.39, 0.29) is 11.7 Å². The molecule has 1 aliphatic rings. The highest BCUT2D eigenvalue weighted by atomic mass is 16.5. The molecule has 5 heteroatoms. The molecule has 0 radical (unpaired) electrons. The second-order valence-corrected chi connectivity index (χ2v) is 5.41. The molecule has 5 nitrogen and oxygen atoms in total. The van der Waals surface area contributed by atoms with Crippen LogP contribution in [0.25, 0.3) is 0 Å². The van der Waals surface area contributed by atoms with Crippen LogP contribution in [0, 0.1) is 5.92 Å². The van der Waals surface area contributed by atoms with E-state index in [0.717, 1.165) is 24.2 Å². The standard InChI is InChI=1S/C14H17N3O2/c1-9(2)13(18)11-5-6-17(7-11)8-12-15-14(16-19-12)10-3-4-10/h5-7,9-10H,3-4,8H2,1-2H3. The first-order chi connectivity index (χ1) is 9.13. The second kappa shape index (κ2) is 4.64. The summed E-state index contributed by atoms with van der Waals surface area (Å²) in [6.07, 6.45) is 6.03. The summed E-state index contributed by atoms with van der Waals surface area (Å²) < 4.78 is 7.12. The lowest BCUT2D eigenvalue weighted by molar-refractivity contribution is 0.0939. The predicted octanol–water partition coefficient (Wildman–Crippen LogP) is 2.64. The van der Waals surface area contributed by atoms with Crippen molar-refractivity contribution in [3.8, 4) is 0 Å². The molecule has 19 heavy (non-hydrogen) atoms. The molecule has 0 aliphatic heterocycles. The van der Waals surface area contributed by atoms with Gasteiger partial charge in [-0.15, -0.1) is 0 Å². The highest BCUT2D eigenvalue weighted by molar-refractivity contribution is 5.97. The Morgan fingerprint density at radius 1 is 1.53 bits per heavy atom. The zero-order valence-corrected chi connectivity index (χ0v) is 11.2. The van der Waals surface area contributed by atoms with E-state index >= 15 is 0 Å². The number of ketones is 1. The Hall–Kier alpha value is -1.91. The smallest absolute Gasteiger partial charge is 0.246 e. The van der Waals surface area contributed by atoms with Gasteiger partial charge in [0, 0.05) is 29.8 Å². The van der Waals surface area contributed by atoms with Gasteiger partial charge >= 0.3 is 0 Å². The van der Waals surface area contributed by atoms with Gasteiger partial charge in [0.1, 0.15) is 6.54 Å². The van der Waals surface area contributed by atoms with Crippen LogP contribution in [-0.4, -0.2) is 20.5 Å². The molecule has 1 fully saturated rings. The van der Waals surface area contributed by atoms with Gasteiger partial charge in [-0.25, -0.2) is 0 Å². The van der Waals surface area contributed by atoms with Crippen LogP contribution in [0.15, 0.2) is 23.0 Å². The topological polar surface area (TPSA) is 60.9 Å². The van der Waals surface area contributed by atoms with Crippen molar-refractivity contribution in [2.24, 2.45) is 5.92 Å². The molecule has 0 amide bonds. The van der Waals surface area contributed by atoms with Crippen LogP contribution in [0.4, 0.5) is 0 Å². The lowest BCUT2D eigenvalue weighted by Crippen LogP contribution is -2.06. The highest BCUT2D eigenvalue weighted by Crippen LogP contribution is 2.38. The zero-order valence-electron chi connectivity index (χ0n) is 11.2. The van der Waals surface area contributed by atoms with Gasteiger partial charge in [0.05, 0.1) is 0 Å². The first kappa shape index (κ1) is 12.1. The van der Waals surface area contributed by atoms with Crippen molar-refractivity contribution in [1.29, 1.82) is 0 Å². The quantitative estimate of drug-likeness (QED) is 0.774. The molecule has 0 atom stereocenters. The number of carbonyl (C=O) groups is 1. The van der Waals surface area contributed by atoms with Crippen LogP contribution in [0.2, 0.25) is 0 Å². The fourth-order valence-electron chi connectivity index (χ4n) is 2.01. The summed E-state index contributed by atoms with van der Waals surface area (Å²) in [4.78, 5) is 16.2. The van der Waals surface area contributed by atoms with Crippen molar-refractivity contribution in [2.45, 2.75) is 39.2 Å². The summed E-state index contributed by atoms with van der Waals surface area (Å²) in [5.74, 6) is 2.09. The van der Waals surface area contributed by atoms with Crippen molar-refractivity contribution in [2.75, 3.05) is 0 Å². The monoisotopic (exact) mass is 259 g/mol. The van der Waals surface area contributed by atoms with E-state index in [1.165, 1.54) is 0 Å². The third kappa shape index (κ3) is 2.59. The SMILES string of the molecule is CC(C)C(=O)c1ccn(Cc2nc(C3CC3)no2)c1. The minimum absolute atomic E-state index is 0.0146. The maximum atomic E-state index is 11.8. The second-order valence-electron chi connectivity index (χ2n) is 5.41. The number of carbonyl (C=O) groups excluding carboxylic acids is 1. The van der Waals surface area contributed by atoms with Crippen LogP contribution in [0.1, 0.15) is 54.7 Å². The van der Waals surface area contributed by atoms with Gasteiger partial charge in [0.25, 0.3) is 0 Å². The van der Waals surface area contributed by atoms with Crippen LogP contribution in [0.5, 0.6) is 0 Å². The van der Waals surface area contributed by atoms with Crippen molar-refractivity contribution >= 4 is 5.78 Å². The van der Waals surface area contributed by atoms with E-state index in [1.54, 1.807) is 0 Å². The Labute approximate surface area is 111 Å². The molecule has 3 rings (SSSR count). The van der Waals surface area contributed by atoms with Gasteiger partial charge in [-0.1, -0.05) is 19.0 Å². The van der Waals surface area contributed by atoms with Crippen LogP contribution >= 0.6 is 0 Å². The van der Waals surface area contributed by atoms with Crippen molar-refractivity contribution in [3.63, 3.8) is 0 Å². The minimum atomic E-state index is 0.0146. The molecule has 1 aliphatic carbocycles. The lowest BCUT2D eigenvalue weighted by Gasteiger charge is -2.00. The first-order valence-electron chi connectivity index (χ1n) is 6.66. The fraction of sp³-hybridized carbons (Fsp3) is 0.500. The van der Waals surface area contributed by atoms with Crippen LogP contribution < -0.4 is 0 Å². The first-order valence-corrected chi connectivity index (χ1v) is 6.66. The number of aromatic nitrogens is 3. The highest BCUT2D eigenvalue weighted by Gasteiger charge is 2.28. The molecule has 2 heterocycles. The fourth-order valence-corrected chi connectivity index (χ4v) is 2.01. The molecule has 0 bridgehead atoms. The minimum Gasteiger partial charge on any atom is -0.344 e. The number of Topliss-reactive ketones (excluding diaryl/α,β-unsaturated/α-hetero) is 1. The van der Waals surface area contributed by atoms with Crippen molar-refractivity contribution in [3.05, 3.63) is 35.7 Å². The largest absolute Gasteiger partial charge is 0.344 e. The van der Waals surface area contributed by atoms with E-state index in [2.05, 4.69) is 10.1 Å². The maximum Gasteiger partial charge on any atom is 0.246 e. The molecule has 100 valence electrons. The molecule has 0 saturated heterocycles. The van der Waals surface area contributed by atoms with E-state index in [1.807, 2.05) is 36.9 Å². The summed E-state index contributed by atoms with van der Waals surface area (Å²) in [7, 11) is 0. The molecular formula is C14H17N3O2. The van der Waals surface area contributed by atoms with E-state index in [0.29, 0.717) is 18.4 Å². The van der Waals surface area contributed by atoms with Crippen LogP contribution in [-0.2, 0) is 6.54 Å². The summed E-state index contributed by atoms with van der Waals surface area (Å²) >= 11 is 0. The van der Waals surface area contributed by atoms with Gasteiger partial charge in [-0.2, -0.15) is 4.98 Å². The molecule has 0 unspecified atom stereocenters. The molecular weight excluding hydrogens is 242 g/mol. The number of hydrogen-bond acceptors (Lipinski definition) is 4. The molecule has 2 aromatic rings. The van der Waals surface area contributed by atoms with Gasteiger partial charge in [-0.3, -0.25) is 4.79 Å². The Balaban J connectivity index is 1.70. The van der Waals surface area contributed by atoms with Crippen molar-refractivity contribution in [1.82, 2.24) is 14.7 Å². The summed E-state index contributed by atoms with van der Waals surface area (Å²) in [5.41, 5.74) is 0.733. The maximum absolute atomic E-state index is 11.8. The van der Waals surface area contributed by atoms with Gasteiger partial charge in [-0.05, 0) is 18.9 Å². The van der Waals surface area contributed by atoms with E-state index in [4.69, 9.17) is 4.52 Å². The Bertz CT molecular complexity index is 593. The third-order valence-corrected chi connectivity index (χ3v) is 3.30. The number of nitrogens with zero attached hydrogens (tertiary/aromatic N) is 3. The Morgan fingerprint density at radius 3 is 3.00 bits per heavy atom. The molecule has 0 aromatic carbocycles. The van der Waals surface area contributed by atoms with Gasteiger partial charge in [0.15, 0.2) is 11.6 Å². The van der Waals surface area contributed by atoms with Gasteiger partial charge < -0.3 is 9.09 Å². The average Bonchev–Trinajstić information content (AvgIpc) is 2.96. The zero-order chi connectivity index (χ0) is 13.4. The van der Waals surface area contributed by atoms with Crippen LogP contribution in [0.3, 0.4) is 0 Å². The lowest BCUT2D eigenvalue weighted by atomic mass is 10.0. The molecule has 2 aromatic heterocycles. The molecule has 1 saturated carbocycles. The summed E-state index contributed by atoms with van der Waals surface area (Å²) in [5, 5.41) is 3.98. The van der Waals surface area contributed by atoms with Gasteiger partial charge in [0.2, 0.25) is 5.89 Å². The van der Waals surface area contributed by atoms with Crippen molar-refractivity contribution < 1.29 is 9.32 Å². The Morgan fingerprint density at radius 2 is 2.32 bits per heavy atom. The number of hydrogen-bond donors (Lipinski definition) is 0. The normalized spacial score (nSPS) is 15.1. The Kier molecular flexibility index (Phi) is 2.97. The summed E-state index contributed by atoms with van der Waals surface area (Å²) in [6, 6.07) is 1.83. The molecule has 0 N–H and O–H groups in total. The predicted molar refractivity (Wildman–Crippen MR) is 69.0 cm³/mol. The third-order valence-electron chi connectivity index (χ3n) is 3.30. The number of rotatable bonds is 5. The average molecular weight is 259 g/mol. The van der Waals surface area contributed by atoms with E-state index in [9.17, 15) is 4.79 Å².